The molecule has 0 aromatic heterocycles. The summed E-state index contributed by atoms with van der Waals surface area (Å²) in [6.45, 7) is 16.3. The third kappa shape index (κ3) is 17.3. The Morgan fingerprint density at radius 2 is 0.750 bits per heavy atom. The van der Waals surface area contributed by atoms with Crippen molar-refractivity contribution in [1.82, 2.24) is 5.32 Å². The maximum Gasteiger partial charge on any atom is 0.261 e. The summed E-state index contributed by atoms with van der Waals surface area (Å²) in [5, 5.41) is 50.2. The summed E-state index contributed by atoms with van der Waals surface area (Å²) in [4.78, 5) is 16.9. The summed E-state index contributed by atoms with van der Waals surface area (Å²) in [6.07, 6.45) is 19.0. The Morgan fingerprint density at radius 3 is 0.947 bits per heavy atom. The molecule has 76 heavy (non-hydrogen) atoms. The van der Waals surface area contributed by atoms with Crippen molar-refractivity contribution in [2.45, 2.75) is 25.7 Å². The van der Waals surface area contributed by atoms with Crippen LogP contribution in [0.15, 0.2) is 206 Å². The summed E-state index contributed by atoms with van der Waals surface area (Å²) >= 11 is 0. The number of piperidine rings is 1. The molecule has 10 rings (SSSR count). The molecule has 1 saturated heterocycles. The fourth-order valence-electron chi connectivity index (χ4n) is 8.33. The van der Waals surface area contributed by atoms with Gasteiger partial charge in [0.15, 0.2) is 0 Å². The van der Waals surface area contributed by atoms with Gasteiger partial charge in [-0.2, -0.15) is 10.5 Å². The molecule has 0 spiro atoms. The molecule has 9 nitrogen and oxygen atoms in total. The number of rotatable bonds is 6. The van der Waals surface area contributed by atoms with E-state index in [2.05, 4.69) is 106 Å². The average Bonchev–Trinajstić information content (AvgIpc) is 3.45. The standard InChI is InChI=1S/2C20H12N2.C17H12O.C5H11N.C3H2N2.H2O.U.V/c2*1-22-17(14-21)9-6-12-20-18-10-4-2-7-15(18)13-16-8-3-5-11-19(16)20;18-11-5-10-17-15-8-3-1-6-13(15)12-14-7-2-4-9-16(14)17;1-2-4-6-5-3-1;4-2-1-3-5;;;/h2*2-13H;1-12H;6H,1-5H2;1H2;1H2;;/b12-6+,17-9-;12-6-,17-9+;10-5+;;;;;. The smallest absolute Gasteiger partial charge is 0.261 e. The molecule has 1 fully saturated rings. The molecule has 3 N–H and O–H groups in total. The van der Waals surface area contributed by atoms with Gasteiger partial charge in [0.1, 0.15) is 12.7 Å². The largest absolute Gasteiger partial charge is 0.412 e. The number of fused-ring (bicyclic) bond motifs is 6. The van der Waals surface area contributed by atoms with Crippen LogP contribution in [0.1, 0.15) is 42.4 Å². The number of hydrogen-bond donors (Lipinski definition) is 1. The van der Waals surface area contributed by atoms with Gasteiger partial charge in [-0.05, 0) is 144 Å². The minimum absolute atomic E-state index is 0. The van der Waals surface area contributed by atoms with E-state index >= 15 is 0 Å². The summed E-state index contributed by atoms with van der Waals surface area (Å²) in [5.41, 5.74) is 3.48. The molecule has 1 heterocycles. The Kier molecular flexibility index (Phi) is 27.6. The van der Waals surface area contributed by atoms with Crippen molar-refractivity contribution in [3.05, 3.63) is 245 Å². The number of allylic oxidation sites excluding steroid dienone is 7. The predicted molar refractivity (Wildman–Crippen MR) is 304 cm³/mol. The van der Waals surface area contributed by atoms with Gasteiger partial charge in [-0.3, -0.25) is 4.79 Å². The molecule has 0 bridgehead atoms. The summed E-state index contributed by atoms with van der Waals surface area (Å²) < 4.78 is 0. The van der Waals surface area contributed by atoms with Crippen LogP contribution in [0.25, 0.3) is 92.6 Å². The van der Waals surface area contributed by atoms with Crippen molar-refractivity contribution in [2.24, 2.45) is 0 Å². The Hall–Kier alpha value is -8.59. The van der Waals surface area contributed by atoms with E-state index in [1.165, 1.54) is 75.4 Å². The molecular formula is C65H51N7O2UV. The zero-order valence-electron chi connectivity index (χ0n) is 41.6. The van der Waals surface area contributed by atoms with Crippen LogP contribution in [0.4, 0.5) is 0 Å². The predicted octanol–water partition coefficient (Wildman–Crippen LogP) is 15.2. The summed E-state index contributed by atoms with van der Waals surface area (Å²) in [5.74, 6) is 0. The van der Waals surface area contributed by atoms with Crippen LogP contribution < -0.4 is 5.32 Å². The van der Waals surface area contributed by atoms with E-state index in [4.69, 9.17) is 34.2 Å². The van der Waals surface area contributed by atoms with Crippen molar-refractivity contribution in [3.8, 4) is 24.3 Å². The minimum Gasteiger partial charge on any atom is -0.412 e. The number of aldehydes is 1. The minimum atomic E-state index is 0. The van der Waals surface area contributed by atoms with Crippen LogP contribution in [0.2, 0.25) is 0 Å². The third-order valence-electron chi connectivity index (χ3n) is 11.6. The van der Waals surface area contributed by atoms with E-state index in [1.54, 1.807) is 42.5 Å². The van der Waals surface area contributed by atoms with E-state index in [9.17, 15) is 4.79 Å². The first-order chi connectivity index (χ1) is 36.0. The summed E-state index contributed by atoms with van der Waals surface area (Å²) in [6, 6.07) is 63.0. The molecule has 9 aromatic rings. The number of carbonyl (C=O) groups is 1. The Morgan fingerprint density at radius 1 is 0.474 bits per heavy atom. The fourth-order valence-corrected chi connectivity index (χ4v) is 8.33. The van der Waals surface area contributed by atoms with Gasteiger partial charge in [0, 0.05) is 49.7 Å². The molecule has 9 aromatic carbocycles. The first-order valence-electron chi connectivity index (χ1n) is 23.6. The number of nitriles is 4. The van der Waals surface area contributed by atoms with E-state index < -0.39 is 0 Å². The van der Waals surface area contributed by atoms with Crippen LogP contribution in [-0.4, -0.2) is 24.9 Å². The van der Waals surface area contributed by atoms with Gasteiger partial charge in [-0.1, -0.05) is 182 Å². The van der Waals surface area contributed by atoms with Gasteiger partial charge in [-0.25, -0.2) is 20.2 Å². The van der Waals surface area contributed by atoms with Gasteiger partial charge >= 0.3 is 0 Å². The zero-order valence-corrected chi connectivity index (χ0v) is 47.1. The molecule has 0 amide bonds. The van der Waals surface area contributed by atoms with E-state index in [1.807, 2.05) is 103 Å². The molecule has 1 aliphatic rings. The van der Waals surface area contributed by atoms with E-state index in [0.29, 0.717) is 0 Å². The van der Waals surface area contributed by atoms with Gasteiger partial charge in [0.25, 0.3) is 11.4 Å². The van der Waals surface area contributed by atoms with E-state index in [-0.39, 0.29) is 73.0 Å². The molecular weight excluding hydrogens is 1200 g/mol. The number of hydrogen-bond acceptors (Lipinski definition) is 6. The quantitative estimate of drug-likeness (QED) is 0.0435. The van der Waals surface area contributed by atoms with Gasteiger partial charge in [0.2, 0.25) is 0 Å². The Bertz CT molecular complexity index is 3470. The van der Waals surface area contributed by atoms with Crippen LogP contribution >= 0.6 is 0 Å². The van der Waals surface area contributed by atoms with Crippen LogP contribution in [0, 0.1) is 89.6 Å². The molecule has 0 saturated carbocycles. The molecule has 0 atom stereocenters. The Balaban J connectivity index is 0.000000268. The fraction of sp³-hybridized carbons (Fsp3) is 0.0923. The molecule has 0 unspecified atom stereocenters. The van der Waals surface area contributed by atoms with Crippen molar-refractivity contribution in [1.29, 1.82) is 21.0 Å². The summed E-state index contributed by atoms with van der Waals surface area (Å²) in [7, 11) is 0. The van der Waals surface area contributed by atoms with Crippen molar-refractivity contribution in [3.63, 3.8) is 0 Å². The van der Waals surface area contributed by atoms with Gasteiger partial charge in [0.05, 0.1) is 37.4 Å². The molecule has 1 aliphatic heterocycles. The second-order valence-electron chi connectivity index (χ2n) is 16.3. The zero-order chi connectivity index (χ0) is 51.5. The van der Waals surface area contributed by atoms with Gasteiger partial charge in [-0.15, -0.1) is 0 Å². The first kappa shape index (κ1) is 61.7. The first-order valence-corrected chi connectivity index (χ1v) is 23.6. The number of benzene rings is 9. The molecule has 0 aliphatic carbocycles. The van der Waals surface area contributed by atoms with Crippen molar-refractivity contribution < 1.29 is 59.9 Å². The average molecular weight is 1250 g/mol. The van der Waals surface area contributed by atoms with Crippen molar-refractivity contribution in [2.75, 3.05) is 13.1 Å². The molecule has 367 valence electrons. The second kappa shape index (κ2) is 34.0. The van der Waals surface area contributed by atoms with Crippen LogP contribution in [-0.2, 0) is 23.4 Å². The number of carbonyl (C=O) groups excluding carboxylic acids is 1. The van der Waals surface area contributed by atoms with Crippen LogP contribution in [0.5, 0.6) is 0 Å². The maximum absolute atomic E-state index is 10.6. The third-order valence-corrected chi connectivity index (χ3v) is 11.6. The Labute approximate surface area is 479 Å². The maximum atomic E-state index is 10.6. The van der Waals surface area contributed by atoms with Crippen LogP contribution in [0.3, 0.4) is 0 Å². The molecule has 11 heteroatoms. The number of nitrogens with one attached hydrogen (secondary N) is 1. The SMILES string of the molecule is C1CCNCC1.N#CCC#N.O.O=C/C=C/c1c2ccccc2cc2ccccc12.[C-]#[N+]/C(C#N)=C/C=C\c1c2ccccc2cc2ccccc12.[C-]#[N+]/C(C#N)=C\C=C\c1c2ccccc2cc2ccccc12.[U].[V]. The monoisotopic (exact) mass is 1250 g/mol. The van der Waals surface area contributed by atoms with E-state index in [0.717, 1.165) is 44.5 Å². The number of nitrogens with zero attached hydrogens (tertiary/aromatic N) is 6. The van der Waals surface area contributed by atoms with Gasteiger partial charge < -0.3 is 10.8 Å². The molecule has 1 radical (unpaired) electrons. The normalized spacial score (nSPS) is 11.6. The topological polar surface area (TPSA) is 164 Å². The second-order valence-corrected chi connectivity index (χ2v) is 16.3. The van der Waals surface area contributed by atoms with Crippen molar-refractivity contribution >= 4 is 89.1 Å².